The Morgan fingerprint density at radius 2 is 0.732 bits per heavy atom. The van der Waals surface area contributed by atoms with Crippen LogP contribution < -0.4 is 21.3 Å². The van der Waals surface area contributed by atoms with E-state index in [2.05, 4.69) is 268 Å². The molecule has 0 radical (unpaired) electrons. The fraction of sp³-hybridized carbons (Fsp3) is 0. The molecule has 0 unspecified atom stereocenters. The Labute approximate surface area is 490 Å². The van der Waals surface area contributed by atoms with Crippen LogP contribution in [0.5, 0.6) is 0 Å². The fourth-order valence-corrected chi connectivity index (χ4v) is 12.7. The van der Waals surface area contributed by atoms with Crippen LogP contribution in [0.15, 0.2) is 322 Å². The zero-order valence-electron chi connectivity index (χ0n) is 44.8. The highest BCUT2D eigenvalue weighted by atomic mass is 32.1. The zero-order chi connectivity index (χ0) is 55.1. The van der Waals surface area contributed by atoms with Crippen molar-refractivity contribution in [3.05, 3.63) is 322 Å². The third-order valence-corrected chi connectivity index (χ3v) is 16.8. The van der Waals surface area contributed by atoms with Gasteiger partial charge in [0, 0.05) is 74.9 Å². The van der Waals surface area contributed by atoms with E-state index < -0.39 is 0 Å². The number of benzene rings is 11. The van der Waals surface area contributed by atoms with Gasteiger partial charge in [-0.15, -0.1) is 34.0 Å². The summed E-state index contributed by atoms with van der Waals surface area (Å²) in [4.78, 5) is 1.29. The van der Waals surface area contributed by atoms with Crippen LogP contribution in [0.2, 0.25) is 0 Å². The molecule has 0 aliphatic carbocycles. The van der Waals surface area contributed by atoms with Crippen molar-refractivity contribution in [2.75, 3.05) is 21.3 Å². The lowest BCUT2D eigenvalue weighted by Gasteiger charge is -2.12. The van der Waals surface area contributed by atoms with Crippen molar-refractivity contribution in [2.45, 2.75) is 0 Å². The van der Waals surface area contributed by atoms with E-state index in [9.17, 15) is 0 Å². The lowest BCUT2D eigenvalue weighted by Crippen LogP contribution is -1.96. The maximum atomic E-state index is 3.50. The highest BCUT2D eigenvalue weighted by Crippen LogP contribution is 2.38. The Kier molecular flexibility index (Phi) is 16.6. The predicted molar refractivity (Wildman–Crippen MR) is 359 cm³/mol. The fourth-order valence-electron chi connectivity index (χ4n) is 9.68. The molecule has 0 saturated heterocycles. The normalized spacial score (nSPS) is 10.7. The molecule has 0 fully saturated rings. The number of para-hydroxylation sites is 5. The first-order valence-electron chi connectivity index (χ1n) is 27.2. The lowest BCUT2D eigenvalue weighted by atomic mass is 10.1. The van der Waals surface area contributed by atoms with Gasteiger partial charge in [-0.1, -0.05) is 194 Å². The molecule has 4 aromatic heterocycles. The number of nitrogens with one attached hydrogen (secondary N) is 4. The number of nitrogens with zero attached hydrogens (tertiary/aromatic N) is 1. The molecule has 0 aliphatic rings. The highest BCUT2D eigenvalue weighted by Gasteiger charge is 2.13. The monoisotopic (exact) mass is 1110 g/mol. The van der Waals surface area contributed by atoms with Crippen molar-refractivity contribution in [2.24, 2.45) is 0 Å². The van der Waals surface area contributed by atoms with E-state index >= 15 is 0 Å². The van der Waals surface area contributed by atoms with Crippen molar-refractivity contribution < 1.29 is 0 Å². The maximum Gasteiger partial charge on any atom is 0.0939 e. The molecule has 82 heavy (non-hydrogen) atoms. The molecule has 8 heteroatoms. The number of aromatic nitrogens is 1. The third kappa shape index (κ3) is 13.2. The van der Waals surface area contributed by atoms with Crippen molar-refractivity contribution in [3.63, 3.8) is 0 Å². The first kappa shape index (κ1) is 52.7. The van der Waals surface area contributed by atoms with Gasteiger partial charge in [0.2, 0.25) is 0 Å². The van der Waals surface area contributed by atoms with Gasteiger partial charge in [-0.05, 0) is 144 Å². The molecular weight excluding hydrogens is 1060 g/mol. The van der Waals surface area contributed by atoms with Gasteiger partial charge in [-0.2, -0.15) is 0 Å². The molecule has 0 bridgehead atoms. The summed E-state index contributed by atoms with van der Waals surface area (Å²) in [6, 6.07) is 111. The van der Waals surface area contributed by atoms with Crippen LogP contribution in [0.25, 0.3) is 68.5 Å². The van der Waals surface area contributed by atoms with E-state index in [1.165, 1.54) is 78.5 Å². The minimum Gasteiger partial charge on any atom is -0.356 e. The van der Waals surface area contributed by atoms with Gasteiger partial charge in [0.05, 0.1) is 21.2 Å². The van der Waals surface area contributed by atoms with Crippen LogP contribution in [-0.2, 0) is 0 Å². The molecule has 11 aromatic carbocycles. The van der Waals surface area contributed by atoms with Crippen molar-refractivity contribution in [3.8, 4) is 27.4 Å². The Morgan fingerprint density at radius 3 is 1.34 bits per heavy atom. The number of fused-ring (bicyclic) bond motifs is 5. The number of rotatable bonds is 11. The summed E-state index contributed by atoms with van der Waals surface area (Å²) in [6.45, 7) is 0. The van der Waals surface area contributed by atoms with Gasteiger partial charge in [-0.3, -0.25) is 0 Å². The van der Waals surface area contributed by atoms with Crippen LogP contribution in [0.3, 0.4) is 0 Å². The van der Waals surface area contributed by atoms with E-state index in [0.717, 1.165) is 34.1 Å². The molecule has 0 saturated carbocycles. The van der Waals surface area contributed by atoms with Crippen molar-refractivity contribution in [1.29, 1.82) is 0 Å². The third-order valence-electron chi connectivity index (χ3n) is 13.6. The zero-order valence-corrected chi connectivity index (χ0v) is 47.2. The molecule has 15 aromatic rings. The number of anilines is 8. The van der Waals surface area contributed by atoms with Crippen molar-refractivity contribution >= 4 is 119 Å². The molecule has 0 aliphatic heterocycles. The molecular formula is C74H57N5S3. The molecule has 0 amide bonds. The van der Waals surface area contributed by atoms with Crippen LogP contribution >= 0.6 is 34.0 Å². The molecule has 4 N–H and O–H groups in total. The van der Waals surface area contributed by atoms with E-state index in [0.29, 0.717) is 0 Å². The number of thiophene rings is 3. The van der Waals surface area contributed by atoms with Crippen molar-refractivity contribution in [1.82, 2.24) is 4.57 Å². The number of hydrogen-bond donors (Lipinski definition) is 4. The Morgan fingerprint density at radius 1 is 0.256 bits per heavy atom. The first-order chi connectivity index (χ1) is 40.6. The van der Waals surface area contributed by atoms with Gasteiger partial charge in [0.1, 0.15) is 0 Å². The largest absolute Gasteiger partial charge is 0.356 e. The average Bonchev–Trinajstić information content (AvgIpc) is 4.46. The summed E-state index contributed by atoms with van der Waals surface area (Å²) in [5, 5.41) is 21.3. The quantitative estimate of drug-likeness (QED) is 0.104. The van der Waals surface area contributed by atoms with Gasteiger partial charge >= 0.3 is 0 Å². The summed E-state index contributed by atoms with van der Waals surface area (Å²) in [5.41, 5.74) is 12.7. The van der Waals surface area contributed by atoms with Crippen LogP contribution in [-0.4, -0.2) is 4.57 Å². The molecule has 15 rings (SSSR count). The molecule has 396 valence electrons. The smallest absolute Gasteiger partial charge is 0.0939 e. The highest BCUT2D eigenvalue weighted by molar-refractivity contribution is 7.25. The molecule has 0 spiro atoms. The summed E-state index contributed by atoms with van der Waals surface area (Å²) in [7, 11) is 0. The second kappa shape index (κ2) is 25.9. The second-order valence-electron chi connectivity index (χ2n) is 19.3. The Balaban J connectivity index is 0.000000111. The SMILES string of the molecule is c1ccc(Nc2cc3ccccc3s2)cc1.c1ccc(Nc2ccc(-c3ccccc3)s2)cc1.c1ccc(Nc2ccc3c(c2)cc(-c2ccccc2)n3-c2ccccc2)cc1.c1ccc(Nc2ccc3c(c2)sc2ccccc23)cc1. The summed E-state index contributed by atoms with van der Waals surface area (Å²) >= 11 is 5.40. The van der Waals surface area contributed by atoms with Crippen LogP contribution in [0, 0.1) is 0 Å². The standard InChI is InChI=1S/C26H20N2.C18H13NS.C16H13NS.C14H11NS/c1-4-10-20(11-5-1)26-19-21-18-23(27-22-12-6-2-7-13-22)16-17-25(21)28(26)24-14-8-3-9-15-24;1-2-6-13(7-3-1)19-14-10-11-16-15-8-4-5-9-17(15)20-18(16)12-14;1-3-7-13(8-4-1)15-11-12-16(18-15)17-14-9-5-2-6-10-14;1-2-7-12(8-3-1)15-14-10-11-6-4-5-9-13(11)16-14/h1-19,27H;1-12,19H;1-12,17H;1-10,15H. The molecule has 0 atom stereocenters. The van der Waals surface area contributed by atoms with Gasteiger partial charge in [0.15, 0.2) is 0 Å². The van der Waals surface area contributed by atoms with Gasteiger partial charge < -0.3 is 25.8 Å². The minimum atomic E-state index is 1.09. The summed E-state index contributed by atoms with van der Waals surface area (Å²) < 4.78 is 6.32. The summed E-state index contributed by atoms with van der Waals surface area (Å²) in [6.07, 6.45) is 0. The first-order valence-corrected chi connectivity index (χ1v) is 29.7. The van der Waals surface area contributed by atoms with E-state index in [1.54, 1.807) is 22.7 Å². The Bertz CT molecular complexity index is 4390. The minimum absolute atomic E-state index is 1.09. The van der Waals surface area contributed by atoms with Crippen LogP contribution in [0.4, 0.5) is 44.1 Å². The predicted octanol–water partition coefficient (Wildman–Crippen LogP) is 22.6. The second-order valence-corrected chi connectivity index (χ2v) is 22.5. The average molecular weight is 1110 g/mol. The lowest BCUT2D eigenvalue weighted by molar-refractivity contribution is 1.13. The van der Waals surface area contributed by atoms with Gasteiger partial charge in [-0.25, -0.2) is 0 Å². The van der Waals surface area contributed by atoms with E-state index in [-0.39, 0.29) is 0 Å². The van der Waals surface area contributed by atoms with Gasteiger partial charge in [0.25, 0.3) is 0 Å². The topological polar surface area (TPSA) is 53.0 Å². The maximum absolute atomic E-state index is 3.50. The molecule has 5 nitrogen and oxygen atoms in total. The van der Waals surface area contributed by atoms with Crippen LogP contribution in [0.1, 0.15) is 0 Å². The Hall–Kier alpha value is -9.96. The van der Waals surface area contributed by atoms with E-state index in [4.69, 9.17) is 0 Å². The molecule has 4 heterocycles. The van der Waals surface area contributed by atoms with E-state index in [1.807, 2.05) is 90.2 Å². The number of hydrogen-bond acceptors (Lipinski definition) is 7. The summed E-state index contributed by atoms with van der Waals surface area (Å²) in [5.74, 6) is 0.